The molecule has 0 aliphatic rings. The van der Waals surface area contributed by atoms with Gasteiger partial charge in [-0.1, -0.05) is 48.5 Å². The molecule has 0 heterocycles. The van der Waals surface area contributed by atoms with Gasteiger partial charge in [-0.3, -0.25) is 9.98 Å². The number of nitrogens with zero attached hydrogens (tertiary/aromatic N) is 6. The minimum atomic E-state index is -0.692. The van der Waals surface area contributed by atoms with Crippen molar-refractivity contribution in [2.24, 2.45) is 30.4 Å². The lowest BCUT2D eigenvalue weighted by atomic mass is 10.1. The molecule has 56 heavy (non-hydrogen) atoms. The van der Waals surface area contributed by atoms with Gasteiger partial charge in [0.2, 0.25) is 0 Å². The summed E-state index contributed by atoms with van der Waals surface area (Å²) in [6.45, 7) is 0. The molecule has 10 nitrogen and oxygen atoms in total. The van der Waals surface area contributed by atoms with Crippen molar-refractivity contribution in [2.75, 3.05) is 0 Å². The zero-order valence-electron chi connectivity index (χ0n) is 29.8. The largest absolute Gasteiger partial charge is 0.423 e. The first-order chi connectivity index (χ1) is 27.5. The second-order valence-corrected chi connectivity index (χ2v) is 12.1. The van der Waals surface area contributed by atoms with Crippen LogP contribution >= 0.6 is 0 Å². The van der Waals surface area contributed by atoms with Crippen molar-refractivity contribution in [1.29, 1.82) is 0 Å². The Balaban J connectivity index is 0.911. The molecule has 7 aromatic rings. The number of carbonyl (C=O) groups excluding carboxylic acids is 2. The Morgan fingerprint density at radius 3 is 1.00 bits per heavy atom. The van der Waals surface area contributed by atoms with Crippen LogP contribution in [0.4, 0.5) is 34.1 Å². The van der Waals surface area contributed by atoms with E-state index in [2.05, 4.69) is 30.4 Å². The van der Waals surface area contributed by atoms with Gasteiger partial charge in [0, 0.05) is 12.4 Å². The molecule has 0 spiro atoms. The Kier molecular flexibility index (Phi) is 11.8. The molecule has 0 aromatic heterocycles. The van der Waals surface area contributed by atoms with E-state index in [4.69, 9.17) is 9.47 Å². The number of rotatable bonds is 12. The highest BCUT2D eigenvalue weighted by molar-refractivity contribution is 6.04. The van der Waals surface area contributed by atoms with Crippen LogP contribution in [0.3, 0.4) is 0 Å². The minimum absolute atomic E-state index is 0.0752. The highest BCUT2D eigenvalue weighted by Gasteiger charge is 2.20. The molecule has 0 saturated carbocycles. The van der Waals surface area contributed by atoms with Gasteiger partial charge in [0.1, 0.15) is 11.5 Å². The predicted octanol–water partition coefficient (Wildman–Crippen LogP) is 12.5. The quantitative estimate of drug-likeness (QED) is 0.0536. The second kappa shape index (κ2) is 18.2. The Morgan fingerprint density at radius 2 is 0.643 bits per heavy atom. The summed E-state index contributed by atoms with van der Waals surface area (Å²) < 4.78 is 11.2. The van der Waals surface area contributed by atoms with Gasteiger partial charge in [-0.05, 0) is 145 Å². The van der Waals surface area contributed by atoms with Gasteiger partial charge >= 0.3 is 11.9 Å². The lowest BCUT2D eigenvalue weighted by Crippen LogP contribution is -2.17. The normalized spacial score (nSPS) is 11.4. The fourth-order valence-corrected chi connectivity index (χ4v) is 5.14. The molecule has 0 saturated heterocycles. The SMILES string of the molecule is O=C(Oc1ccc(C=Nc2ccc(N=Nc3ccccc3)cc2)cc1)c1ccccc1C(=O)Oc1ccc(C=Nc2ccc(N=Nc3ccccc3)cc2)cc1. The van der Waals surface area contributed by atoms with Crippen molar-refractivity contribution in [1.82, 2.24) is 0 Å². The molecule has 10 heteroatoms. The number of hydrogen-bond acceptors (Lipinski definition) is 10. The van der Waals surface area contributed by atoms with Crippen LogP contribution in [-0.4, -0.2) is 24.4 Å². The van der Waals surface area contributed by atoms with E-state index in [1.54, 1.807) is 73.1 Å². The van der Waals surface area contributed by atoms with E-state index in [1.165, 1.54) is 12.1 Å². The van der Waals surface area contributed by atoms with Gasteiger partial charge in [-0.2, -0.15) is 20.5 Å². The Hall–Kier alpha value is -7.98. The lowest BCUT2D eigenvalue weighted by molar-refractivity contribution is 0.0692. The number of hydrogen-bond donors (Lipinski definition) is 0. The van der Waals surface area contributed by atoms with Crippen molar-refractivity contribution in [2.45, 2.75) is 0 Å². The molecule has 0 radical (unpaired) electrons. The fourth-order valence-electron chi connectivity index (χ4n) is 5.14. The molecule has 0 amide bonds. The number of esters is 2. The van der Waals surface area contributed by atoms with Crippen molar-refractivity contribution in [3.8, 4) is 11.5 Å². The van der Waals surface area contributed by atoms with Crippen LogP contribution in [0.2, 0.25) is 0 Å². The van der Waals surface area contributed by atoms with Crippen molar-refractivity contribution in [3.05, 3.63) is 204 Å². The van der Waals surface area contributed by atoms with Gasteiger partial charge in [-0.15, -0.1) is 0 Å². The third-order valence-electron chi connectivity index (χ3n) is 8.05. The van der Waals surface area contributed by atoms with Crippen LogP contribution in [0.5, 0.6) is 11.5 Å². The lowest BCUT2D eigenvalue weighted by Gasteiger charge is -2.10. The van der Waals surface area contributed by atoms with E-state index in [0.29, 0.717) is 22.9 Å². The van der Waals surface area contributed by atoms with Crippen molar-refractivity contribution in [3.63, 3.8) is 0 Å². The zero-order valence-corrected chi connectivity index (χ0v) is 29.8. The first-order valence-corrected chi connectivity index (χ1v) is 17.5. The third-order valence-corrected chi connectivity index (χ3v) is 8.05. The maximum absolute atomic E-state index is 13.2. The maximum atomic E-state index is 13.2. The Labute approximate surface area is 322 Å². The average Bonchev–Trinajstić information content (AvgIpc) is 3.26. The molecule has 0 N–H and O–H groups in total. The maximum Gasteiger partial charge on any atom is 0.344 e. The number of azo groups is 2. The van der Waals surface area contributed by atoms with Crippen LogP contribution < -0.4 is 9.47 Å². The van der Waals surface area contributed by atoms with E-state index in [-0.39, 0.29) is 11.1 Å². The molecule has 0 atom stereocenters. The number of carbonyl (C=O) groups is 2. The fraction of sp³-hybridized carbons (Fsp3) is 0. The number of aliphatic imine (C=N–C) groups is 2. The number of benzene rings is 7. The first kappa shape index (κ1) is 36.4. The van der Waals surface area contributed by atoms with E-state index in [0.717, 1.165) is 33.9 Å². The van der Waals surface area contributed by atoms with Crippen molar-refractivity contribution < 1.29 is 19.1 Å². The van der Waals surface area contributed by atoms with Crippen LogP contribution in [0.25, 0.3) is 0 Å². The molecule has 7 aromatic carbocycles. The topological polar surface area (TPSA) is 127 Å². The summed E-state index contributed by atoms with van der Waals surface area (Å²) in [7, 11) is 0. The highest BCUT2D eigenvalue weighted by atomic mass is 16.5. The van der Waals surface area contributed by atoms with Gasteiger partial charge < -0.3 is 9.47 Å². The molecular weight excluding hydrogens is 701 g/mol. The summed E-state index contributed by atoms with van der Waals surface area (Å²) in [5.41, 5.74) is 6.23. The van der Waals surface area contributed by atoms with E-state index in [1.807, 2.05) is 109 Å². The van der Waals surface area contributed by atoms with Crippen LogP contribution in [0, 0.1) is 0 Å². The standard InChI is InChI=1S/C46H32N6O4/c53-45(55-41-27-15-33(16-28-41)31-47-35-19-23-39(24-20-35)51-49-37-9-3-1-4-10-37)43-13-7-8-14-44(43)46(54)56-42-29-17-34(18-30-42)32-48-36-21-25-40(26-22-36)52-50-38-11-5-2-6-12-38/h1-32H. The van der Waals surface area contributed by atoms with Crippen LogP contribution in [0.15, 0.2) is 212 Å². The summed E-state index contributed by atoms with van der Waals surface area (Å²) in [6, 6.07) is 53.9. The van der Waals surface area contributed by atoms with Crippen molar-refractivity contribution >= 4 is 58.5 Å². The molecule has 7 rings (SSSR count). The third kappa shape index (κ3) is 10.3. The second-order valence-electron chi connectivity index (χ2n) is 12.1. The van der Waals surface area contributed by atoms with Gasteiger partial charge in [0.25, 0.3) is 0 Å². The molecule has 0 aliphatic carbocycles. The van der Waals surface area contributed by atoms with E-state index >= 15 is 0 Å². The van der Waals surface area contributed by atoms with Crippen LogP contribution in [-0.2, 0) is 0 Å². The molecule has 0 bridgehead atoms. The minimum Gasteiger partial charge on any atom is -0.423 e. The summed E-state index contributed by atoms with van der Waals surface area (Å²) in [6.07, 6.45) is 3.41. The summed E-state index contributed by atoms with van der Waals surface area (Å²) in [5.74, 6) is -0.764. The van der Waals surface area contributed by atoms with E-state index in [9.17, 15) is 9.59 Å². The Bertz CT molecular complexity index is 2340. The summed E-state index contributed by atoms with van der Waals surface area (Å²) in [5, 5.41) is 16.9. The summed E-state index contributed by atoms with van der Waals surface area (Å²) in [4.78, 5) is 35.4. The van der Waals surface area contributed by atoms with Crippen LogP contribution in [0.1, 0.15) is 31.8 Å². The molecule has 0 unspecified atom stereocenters. The first-order valence-electron chi connectivity index (χ1n) is 17.5. The summed E-state index contributed by atoms with van der Waals surface area (Å²) >= 11 is 0. The van der Waals surface area contributed by atoms with Gasteiger partial charge in [-0.25, -0.2) is 9.59 Å². The molecule has 0 fully saturated rings. The van der Waals surface area contributed by atoms with E-state index < -0.39 is 11.9 Å². The molecule has 0 aliphatic heterocycles. The Morgan fingerprint density at radius 1 is 0.339 bits per heavy atom. The zero-order chi connectivity index (χ0) is 38.4. The molecule has 270 valence electrons. The van der Waals surface area contributed by atoms with Gasteiger partial charge in [0.05, 0.1) is 45.3 Å². The highest BCUT2D eigenvalue weighted by Crippen LogP contribution is 2.24. The smallest absolute Gasteiger partial charge is 0.344 e. The molecular formula is C46H32N6O4. The number of ether oxygens (including phenoxy) is 2. The van der Waals surface area contributed by atoms with Gasteiger partial charge in [0.15, 0.2) is 0 Å². The monoisotopic (exact) mass is 732 g/mol. The predicted molar refractivity (Wildman–Crippen MR) is 218 cm³/mol. The average molecular weight is 733 g/mol.